The zero-order chi connectivity index (χ0) is 19.5. The van der Waals surface area contributed by atoms with Crippen molar-refractivity contribution >= 4 is 44.3 Å². The van der Waals surface area contributed by atoms with Crippen molar-refractivity contribution in [1.29, 1.82) is 0 Å². The van der Waals surface area contributed by atoms with Gasteiger partial charge in [-0.25, -0.2) is 9.78 Å². The Kier molecular flexibility index (Phi) is 5.12. The Labute approximate surface area is 171 Å². The molecule has 0 fully saturated rings. The number of benzene rings is 2. The first-order chi connectivity index (χ1) is 13.6. The Morgan fingerprint density at radius 2 is 1.96 bits per heavy atom. The maximum Gasteiger partial charge on any atom is 0.341 e. The Bertz CT molecular complexity index is 1140. The van der Waals surface area contributed by atoms with Gasteiger partial charge in [0.25, 0.3) is 0 Å². The summed E-state index contributed by atoms with van der Waals surface area (Å²) in [7, 11) is 1.36. The van der Waals surface area contributed by atoms with Crippen LogP contribution in [0.3, 0.4) is 0 Å². The molecule has 0 radical (unpaired) electrons. The fraction of sp³-hybridized carbons (Fsp3) is 0.0909. The van der Waals surface area contributed by atoms with Gasteiger partial charge in [0.05, 0.1) is 7.11 Å². The van der Waals surface area contributed by atoms with Gasteiger partial charge in [0, 0.05) is 40.0 Å². The van der Waals surface area contributed by atoms with Crippen LogP contribution in [0.15, 0.2) is 77.5 Å². The minimum absolute atomic E-state index is 0.374. The number of methoxy groups -OCH3 is 1. The van der Waals surface area contributed by atoms with E-state index in [2.05, 4.69) is 61.3 Å². The van der Waals surface area contributed by atoms with Crippen LogP contribution in [0.5, 0.6) is 0 Å². The lowest BCUT2D eigenvalue weighted by Crippen LogP contribution is -2.07. The van der Waals surface area contributed by atoms with Crippen LogP contribution in [0.2, 0.25) is 0 Å². The topological polar surface area (TPSA) is 56.1 Å². The maximum absolute atomic E-state index is 12.0. The standard InChI is InChI=1S/C22H18BrN3O2/c1-28-22(27)19-12-17(23)13-24-21(19)25-18-7-8-20-16(11-18)9-10-26(20)14-15-5-3-2-4-6-15/h2-13H,14H2,1H3,(H,24,25). The summed E-state index contributed by atoms with van der Waals surface area (Å²) >= 11 is 3.34. The van der Waals surface area contributed by atoms with Gasteiger partial charge in [-0.15, -0.1) is 0 Å². The molecule has 6 heteroatoms. The predicted molar refractivity (Wildman–Crippen MR) is 114 cm³/mol. The fourth-order valence-electron chi connectivity index (χ4n) is 3.14. The molecule has 0 bridgehead atoms. The molecule has 0 aliphatic carbocycles. The minimum Gasteiger partial charge on any atom is -0.465 e. The molecule has 5 nitrogen and oxygen atoms in total. The molecule has 4 aromatic rings. The number of hydrogen-bond acceptors (Lipinski definition) is 4. The molecule has 2 aromatic carbocycles. The van der Waals surface area contributed by atoms with Crippen LogP contribution in [0.25, 0.3) is 10.9 Å². The van der Waals surface area contributed by atoms with E-state index in [0.29, 0.717) is 15.9 Å². The summed E-state index contributed by atoms with van der Waals surface area (Å²) in [6.07, 6.45) is 3.73. The normalized spacial score (nSPS) is 10.8. The lowest BCUT2D eigenvalue weighted by molar-refractivity contribution is 0.0601. The average Bonchev–Trinajstić information content (AvgIpc) is 3.11. The minimum atomic E-state index is -0.439. The van der Waals surface area contributed by atoms with Gasteiger partial charge in [0.15, 0.2) is 0 Å². The molecule has 0 aliphatic rings. The second kappa shape index (κ2) is 7.86. The van der Waals surface area contributed by atoms with Gasteiger partial charge in [-0.2, -0.15) is 0 Å². The number of pyridine rings is 1. The maximum atomic E-state index is 12.0. The van der Waals surface area contributed by atoms with E-state index in [4.69, 9.17) is 4.74 Å². The molecule has 28 heavy (non-hydrogen) atoms. The smallest absolute Gasteiger partial charge is 0.341 e. The summed E-state index contributed by atoms with van der Waals surface area (Å²) in [6.45, 7) is 0.817. The van der Waals surface area contributed by atoms with E-state index in [1.165, 1.54) is 12.7 Å². The summed E-state index contributed by atoms with van der Waals surface area (Å²) < 4.78 is 7.79. The molecule has 0 aliphatic heterocycles. The molecule has 2 aromatic heterocycles. The number of carbonyl (C=O) groups excluding carboxylic acids is 1. The highest BCUT2D eigenvalue weighted by atomic mass is 79.9. The van der Waals surface area contributed by atoms with Crippen molar-refractivity contribution in [2.45, 2.75) is 6.54 Å². The Morgan fingerprint density at radius 3 is 2.75 bits per heavy atom. The third-order valence-corrected chi connectivity index (χ3v) is 4.92. The van der Waals surface area contributed by atoms with E-state index in [1.807, 2.05) is 30.3 Å². The molecule has 0 saturated carbocycles. The molecule has 4 rings (SSSR count). The van der Waals surface area contributed by atoms with Crippen molar-refractivity contribution < 1.29 is 9.53 Å². The van der Waals surface area contributed by atoms with Crippen LogP contribution in [-0.4, -0.2) is 22.6 Å². The largest absolute Gasteiger partial charge is 0.465 e. The quantitative estimate of drug-likeness (QED) is 0.427. The molecule has 2 heterocycles. The highest BCUT2D eigenvalue weighted by Crippen LogP contribution is 2.26. The number of aromatic nitrogens is 2. The number of ether oxygens (including phenoxy) is 1. The number of hydrogen-bond donors (Lipinski definition) is 1. The summed E-state index contributed by atoms with van der Waals surface area (Å²) in [4.78, 5) is 16.4. The van der Waals surface area contributed by atoms with Crippen molar-refractivity contribution in [3.8, 4) is 0 Å². The van der Waals surface area contributed by atoms with E-state index in [-0.39, 0.29) is 0 Å². The number of nitrogens with one attached hydrogen (secondary N) is 1. The van der Waals surface area contributed by atoms with Gasteiger partial charge in [0.1, 0.15) is 11.4 Å². The van der Waals surface area contributed by atoms with Crippen LogP contribution in [0, 0.1) is 0 Å². The van der Waals surface area contributed by atoms with Crippen molar-refractivity contribution in [2.75, 3.05) is 12.4 Å². The van der Waals surface area contributed by atoms with E-state index < -0.39 is 5.97 Å². The van der Waals surface area contributed by atoms with Crippen LogP contribution in [0.1, 0.15) is 15.9 Å². The Balaban J connectivity index is 1.62. The molecule has 0 atom stereocenters. The van der Waals surface area contributed by atoms with Gasteiger partial charge >= 0.3 is 5.97 Å². The first-order valence-corrected chi connectivity index (χ1v) is 9.57. The second-order valence-corrected chi connectivity index (χ2v) is 7.28. The summed E-state index contributed by atoms with van der Waals surface area (Å²) in [5, 5.41) is 4.33. The molecule has 1 N–H and O–H groups in total. The summed E-state index contributed by atoms with van der Waals surface area (Å²) in [6, 6.07) is 20.2. The summed E-state index contributed by atoms with van der Waals surface area (Å²) in [5.74, 6) is 0.0181. The first kappa shape index (κ1) is 18.3. The third kappa shape index (κ3) is 3.77. The number of nitrogens with zero attached hydrogens (tertiary/aromatic N) is 2. The van der Waals surface area contributed by atoms with Crippen molar-refractivity contribution in [1.82, 2.24) is 9.55 Å². The monoisotopic (exact) mass is 435 g/mol. The van der Waals surface area contributed by atoms with Crippen molar-refractivity contribution in [3.63, 3.8) is 0 Å². The van der Waals surface area contributed by atoms with Crippen LogP contribution in [-0.2, 0) is 11.3 Å². The molecule has 0 unspecified atom stereocenters. The molecule has 0 saturated heterocycles. The van der Waals surface area contributed by atoms with E-state index in [9.17, 15) is 4.79 Å². The Morgan fingerprint density at radius 1 is 1.14 bits per heavy atom. The van der Waals surface area contributed by atoms with Gasteiger partial charge < -0.3 is 14.6 Å². The molecular weight excluding hydrogens is 418 g/mol. The predicted octanol–water partition coefficient (Wildman–Crippen LogP) is 5.38. The van der Waals surface area contributed by atoms with Gasteiger partial charge in [-0.1, -0.05) is 30.3 Å². The molecule has 140 valence electrons. The zero-order valence-electron chi connectivity index (χ0n) is 15.2. The number of rotatable bonds is 5. The molecular formula is C22H18BrN3O2. The van der Waals surface area contributed by atoms with Gasteiger partial charge in [0.2, 0.25) is 0 Å². The number of anilines is 2. The Hall–Kier alpha value is -3.12. The van der Waals surface area contributed by atoms with Crippen LogP contribution < -0.4 is 5.32 Å². The van der Waals surface area contributed by atoms with Crippen LogP contribution in [0.4, 0.5) is 11.5 Å². The molecule has 0 spiro atoms. The first-order valence-electron chi connectivity index (χ1n) is 8.78. The highest BCUT2D eigenvalue weighted by molar-refractivity contribution is 9.10. The lowest BCUT2D eigenvalue weighted by Gasteiger charge is -2.11. The molecule has 0 amide bonds. The van der Waals surface area contributed by atoms with Gasteiger partial charge in [-0.3, -0.25) is 0 Å². The third-order valence-electron chi connectivity index (χ3n) is 4.49. The number of halogens is 1. The van der Waals surface area contributed by atoms with Crippen molar-refractivity contribution in [3.05, 3.63) is 88.7 Å². The fourth-order valence-corrected chi connectivity index (χ4v) is 3.47. The van der Waals surface area contributed by atoms with Gasteiger partial charge in [-0.05, 0) is 51.8 Å². The van der Waals surface area contributed by atoms with Crippen LogP contribution >= 0.6 is 15.9 Å². The number of esters is 1. The number of fused-ring (bicyclic) bond motifs is 1. The second-order valence-electron chi connectivity index (χ2n) is 6.37. The SMILES string of the molecule is COC(=O)c1cc(Br)cnc1Nc1ccc2c(ccn2Cc2ccccc2)c1. The highest BCUT2D eigenvalue weighted by Gasteiger charge is 2.14. The zero-order valence-corrected chi connectivity index (χ0v) is 16.8. The number of carbonyl (C=O) groups is 1. The van der Waals surface area contributed by atoms with E-state index >= 15 is 0 Å². The van der Waals surface area contributed by atoms with Crippen molar-refractivity contribution in [2.24, 2.45) is 0 Å². The van der Waals surface area contributed by atoms with E-state index in [0.717, 1.165) is 23.1 Å². The average molecular weight is 436 g/mol. The lowest BCUT2D eigenvalue weighted by atomic mass is 10.2. The summed E-state index contributed by atoms with van der Waals surface area (Å²) in [5.41, 5.74) is 3.62. The van der Waals surface area contributed by atoms with E-state index in [1.54, 1.807) is 12.3 Å².